The van der Waals surface area contributed by atoms with Crippen LogP contribution in [0.1, 0.15) is 46.0 Å². The monoisotopic (exact) mass is 477 g/mol. The molecule has 1 N–H and O–H groups in total. The van der Waals surface area contributed by atoms with E-state index < -0.39 is 17.5 Å². The molecular weight excluding hydrogens is 448 g/mol. The van der Waals surface area contributed by atoms with Crippen LogP contribution in [-0.4, -0.2) is 42.4 Å². The molecule has 1 aliphatic heterocycles. The highest BCUT2D eigenvalue weighted by atomic mass is 19.1. The van der Waals surface area contributed by atoms with Gasteiger partial charge in [-0.05, 0) is 49.6 Å². The van der Waals surface area contributed by atoms with Gasteiger partial charge in [0.25, 0.3) is 11.8 Å². The average molecular weight is 478 g/mol. The molecule has 1 fully saturated rings. The smallest absolute Gasteiger partial charge is 0.256 e. The van der Waals surface area contributed by atoms with Crippen LogP contribution in [0, 0.1) is 11.6 Å². The van der Waals surface area contributed by atoms with Gasteiger partial charge in [-0.2, -0.15) is 0 Å². The molecule has 1 aliphatic rings. The highest BCUT2D eigenvalue weighted by Crippen LogP contribution is 2.26. The minimum atomic E-state index is -0.872. The number of anilines is 1. The Hall–Kier alpha value is -3.74. The van der Waals surface area contributed by atoms with Gasteiger partial charge in [0.05, 0.1) is 11.1 Å². The second kappa shape index (κ2) is 11.1. The van der Waals surface area contributed by atoms with Gasteiger partial charge in [-0.25, -0.2) is 8.78 Å². The van der Waals surface area contributed by atoms with E-state index in [9.17, 15) is 18.4 Å². The normalized spacial score (nSPS) is 14.0. The SMILES string of the molecule is CCN(Cc1ccccc1)C(=O)c1ccccc1N1CCC(NC(=O)c2ccc(F)cc2F)CC1. The van der Waals surface area contributed by atoms with Crippen LogP contribution in [0.15, 0.2) is 72.8 Å². The first-order valence-electron chi connectivity index (χ1n) is 11.9. The molecule has 1 saturated heterocycles. The number of rotatable bonds is 7. The zero-order valence-corrected chi connectivity index (χ0v) is 19.7. The maximum atomic E-state index is 13.9. The van der Waals surface area contributed by atoms with Crippen molar-refractivity contribution in [2.24, 2.45) is 0 Å². The van der Waals surface area contributed by atoms with Crippen LogP contribution in [0.25, 0.3) is 0 Å². The van der Waals surface area contributed by atoms with Crippen LogP contribution >= 0.6 is 0 Å². The second-order valence-corrected chi connectivity index (χ2v) is 8.68. The van der Waals surface area contributed by atoms with Crippen molar-refractivity contribution in [3.63, 3.8) is 0 Å². The molecule has 0 aromatic heterocycles. The molecule has 0 bridgehead atoms. The molecule has 3 aromatic rings. The first-order valence-corrected chi connectivity index (χ1v) is 11.9. The number of para-hydroxylation sites is 1. The summed E-state index contributed by atoms with van der Waals surface area (Å²) >= 11 is 0. The third-order valence-corrected chi connectivity index (χ3v) is 6.37. The molecule has 0 radical (unpaired) electrons. The Morgan fingerprint density at radius 3 is 2.31 bits per heavy atom. The number of hydrogen-bond acceptors (Lipinski definition) is 3. The number of hydrogen-bond donors (Lipinski definition) is 1. The van der Waals surface area contributed by atoms with Gasteiger partial charge in [-0.3, -0.25) is 9.59 Å². The predicted octanol–water partition coefficient (Wildman–Crippen LogP) is 5.03. The molecule has 0 aliphatic carbocycles. The van der Waals surface area contributed by atoms with Gasteiger partial charge in [-0.1, -0.05) is 42.5 Å². The first-order chi connectivity index (χ1) is 17.0. The zero-order chi connectivity index (χ0) is 24.8. The Balaban J connectivity index is 1.41. The number of piperidine rings is 1. The van der Waals surface area contributed by atoms with Crippen molar-refractivity contribution in [3.05, 3.63) is 101 Å². The van der Waals surface area contributed by atoms with Crippen LogP contribution in [0.5, 0.6) is 0 Å². The summed E-state index contributed by atoms with van der Waals surface area (Å²) in [6, 6.07) is 20.3. The molecular formula is C28H29F2N3O2. The van der Waals surface area contributed by atoms with Crippen LogP contribution in [0.2, 0.25) is 0 Å². The lowest BCUT2D eigenvalue weighted by atomic mass is 10.0. The number of carbonyl (C=O) groups excluding carboxylic acids is 2. The molecule has 2 amide bonds. The summed E-state index contributed by atoms with van der Waals surface area (Å²) in [5.74, 6) is -2.15. The summed E-state index contributed by atoms with van der Waals surface area (Å²) in [4.78, 5) is 29.9. The number of nitrogens with one attached hydrogen (secondary N) is 1. The second-order valence-electron chi connectivity index (χ2n) is 8.68. The Labute approximate surface area is 204 Å². The highest BCUT2D eigenvalue weighted by molar-refractivity contribution is 6.00. The minimum Gasteiger partial charge on any atom is -0.371 e. The lowest BCUT2D eigenvalue weighted by Crippen LogP contribution is -2.45. The lowest BCUT2D eigenvalue weighted by Gasteiger charge is -2.35. The van der Waals surface area contributed by atoms with Gasteiger partial charge >= 0.3 is 0 Å². The van der Waals surface area contributed by atoms with Crippen LogP contribution in [0.3, 0.4) is 0 Å². The maximum absolute atomic E-state index is 13.9. The molecule has 3 aromatic carbocycles. The quantitative estimate of drug-likeness (QED) is 0.520. The fourth-order valence-corrected chi connectivity index (χ4v) is 4.43. The summed E-state index contributed by atoms with van der Waals surface area (Å²) < 4.78 is 27.1. The van der Waals surface area contributed by atoms with E-state index in [1.807, 2.05) is 66.4 Å². The van der Waals surface area contributed by atoms with Gasteiger partial charge in [0.15, 0.2) is 0 Å². The van der Waals surface area contributed by atoms with Crippen LogP contribution < -0.4 is 10.2 Å². The van der Waals surface area contributed by atoms with Crippen LogP contribution in [0.4, 0.5) is 14.5 Å². The number of halogens is 2. The van der Waals surface area contributed by atoms with Crippen molar-refractivity contribution in [2.45, 2.75) is 32.4 Å². The molecule has 4 rings (SSSR count). The summed E-state index contributed by atoms with van der Waals surface area (Å²) in [6.07, 6.45) is 1.30. The van der Waals surface area contributed by atoms with E-state index >= 15 is 0 Å². The molecule has 0 atom stereocenters. The summed E-state index contributed by atoms with van der Waals surface area (Å²) in [5.41, 5.74) is 2.44. The summed E-state index contributed by atoms with van der Waals surface area (Å²) in [7, 11) is 0. The third kappa shape index (κ3) is 5.85. The van der Waals surface area contributed by atoms with E-state index in [2.05, 4.69) is 10.2 Å². The van der Waals surface area contributed by atoms with Gasteiger partial charge < -0.3 is 15.1 Å². The highest BCUT2D eigenvalue weighted by Gasteiger charge is 2.26. The minimum absolute atomic E-state index is 0.0193. The van der Waals surface area contributed by atoms with E-state index in [1.165, 1.54) is 0 Å². The molecule has 5 nitrogen and oxygen atoms in total. The summed E-state index contributed by atoms with van der Waals surface area (Å²) in [5, 5.41) is 2.86. The van der Waals surface area contributed by atoms with E-state index in [-0.39, 0.29) is 17.5 Å². The Bertz CT molecular complexity index is 1180. The van der Waals surface area contributed by atoms with Gasteiger partial charge in [0.1, 0.15) is 11.6 Å². The first kappa shape index (κ1) is 24.4. The van der Waals surface area contributed by atoms with Gasteiger partial charge in [-0.15, -0.1) is 0 Å². The van der Waals surface area contributed by atoms with Crippen LogP contribution in [-0.2, 0) is 6.54 Å². The van der Waals surface area contributed by atoms with Crippen molar-refractivity contribution < 1.29 is 18.4 Å². The molecule has 0 unspecified atom stereocenters. The maximum Gasteiger partial charge on any atom is 0.256 e. The molecule has 182 valence electrons. The Kier molecular flexibility index (Phi) is 7.75. The topological polar surface area (TPSA) is 52.7 Å². The lowest BCUT2D eigenvalue weighted by molar-refractivity contribution is 0.0753. The van der Waals surface area contributed by atoms with Gasteiger partial charge in [0, 0.05) is 44.0 Å². The largest absolute Gasteiger partial charge is 0.371 e. The van der Waals surface area contributed by atoms with Gasteiger partial charge in [0.2, 0.25) is 0 Å². The van der Waals surface area contributed by atoms with Crippen molar-refractivity contribution in [1.82, 2.24) is 10.2 Å². The van der Waals surface area contributed by atoms with Crippen molar-refractivity contribution in [3.8, 4) is 0 Å². The standard InChI is InChI=1S/C28H29F2N3O2/c1-2-32(19-20-8-4-3-5-9-20)28(35)24-10-6-7-11-26(24)33-16-14-22(15-17-33)31-27(34)23-13-12-21(29)18-25(23)30/h3-13,18,22H,2,14-17,19H2,1H3,(H,31,34). The number of carbonyl (C=O) groups is 2. The molecule has 0 saturated carbocycles. The third-order valence-electron chi connectivity index (χ3n) is 6.37. The van der Waals surface area contributed by atoms with E-state index in [0.717, 1.165) is 23.4 Å². The van der Waals surface area contributed by atoms with E-state index in [1.54, 1.807) is 0 Å². The summed E-state index contributed by atoms with van der Waals surface area (Å²) in [6.45, 7) is 4.40. The fraction of sp³-hybridized carbons (Fsp3) is 0.286. The molecule has 0 spiro atoms. The molecule has 35 heavy (non-hydrogen) atoms. The molecule has 1 heterocycles. The zero-order valence-electron chi connectivity index (χ0n) is 19.7. The number of nitrogens with zero attached hydrogens (tertiary/aromatic N) is 2. The van der Waals surface area contributed by atoms with E-state index in [0.29, 0.717) is 50.7 Å². The van der Waals surface area contributed by atoms with Crippen molar-refractivity contribution in [1.29, 1.82) is 0 Å². The Morgan fingerprint density at radius 1 is 0.943 bits per heavy atom. The van der Waals surface area contributed by atoms with E-state index in [4.69, 9.17) is 0 Å². The van der Waals surface area contributed by atoms with Crippen molar-refractivity contribution in [2.75, 3.05) is 24.5 Å². The average Bonchev–Trinajstić information content (AvgIpc) is 2.88. The number of amides is 2. The van der Waals surface area contributed by atoms with Crippen molar-refractivity contribution >= 4 is 17.5 Å². The Morgan fingerprint density at radius 2 is 1.63 bits per heavy atom. The number of benzene rings is 3. The predicted molar refractivity (Wildman–Crippen MR) is 132 cm³/mol. The molecule has 7 heteroatoms. The fourth-order valence-electron chi connectivity index (χ4n) is 4.43.